The average molecular weight is 439 g/mol. The number of aromatic nitrogens is 3. The van der Waals surface area contributed by atoms with Gasteiger partial charge in [-0.3, -0.25) is 14.4 Å². The van der Waals surface area contributed by atoms with Crippen LogP contribution < -0.4 is 0 Å². The van der Waals surface area contributed by atoms with Gasteiger partial charge in [0.05, 0.1) is 52.4 Å². The van der Waals surface area contributed by atoms with Gasteiger partial charge in [0, 0.05) is 25.6 Å². The van der Waals surface area contributed by atoms with Gasteiger partial charge in [-0.05, 0) is 12.0 Å². The molecule has 10 heteroatoms. The minimum absolute atomic E-state index is 0.00534. The number of likely N-dealkylation sites (N-methyl/N-ethyl adjacent to an activating group) is 1. The number of amides is 1. The third kappa shape index (κ3) is 11.0. The fourth-order valence-corrected chi connectivity index (χ4v) is 2.32. The quantitative estimate of drug-likeness (QED) is 0.153. The van der Waals surface area contributed by atoms with Crippen molar-refractivity contribution in [3.63, 3.8) is 0 Å². The summed E-state index contributed by atoms with van der Waals surface area (Å²) < 4.78 is 17.9. The van der Waals surface area contributed by atoms with Crippen molar-refractivity contribution in [2.45, 2.75) is 27.3 Å². The lowest BCUT2D eigenvalue weighted by Gasteiger charge is -2.14. The predicted octanol–water partition coefficient (Wildman–Crippen LogP) is 1.02. The number of nitrogens with zero attached hydrogens (tertiary/aromatic N) is 4. The number of hydrogen-bond acceptors (Lipinski definition) is 8. The predicted molar refractivity (Wildman–Crippen MR) is 114 cm³/mol. The summed E-state index contributed by atoms with van der Waals surface area (Å²) in [5.74, 6) is -0.0706. The second-order valence-electron chi connectivity index (χ2n) is 7.36. The molecule has 1 aromatic rings. The molecular weight excluding hydrogens is 404 g/mol. The van der Waals surface area contributed by atoms with Crippen LogP contribution in [0.1, 0.15) is 31.3 Å². The van der Waals surface area contributed by atoms with Crippen LogP contribution in [0.3, 0.4) is 0 Å². The number of carbonyl (C=O) groups excluding carboxylic acids is 3. The van der Waals surface area contributed by atoms with Gasteiger partial charge in [0.2, 0.25) is 5.91 Å². The molecule has 10 nitrogen and oxygen atoms in total. The minimum atomic E-state index is -0.247. The first-order valence-corrected chi connectivity index (χ1v) is 10.4. The smallest absolute Gasteiger partial charge is 0.246 e. The van der Waals surface area contributed by atoms with Gasteiger partial charge in [-0.25, -0.2) is 4.68 Å². The Kier molecular flexibility index (Phi) is 13.2. The van der Waals surface area contributed by atoms with Crippen LogP contribution in [0, 0.1) is 11.8 Å². The molecule has 1 atom stereocenters. The molecule has 0 N–H and O–H groups in total. The van der Waals surface area contributed by atoms with E-state index < -0.39 is 0 Å². The van der Waals surface area contributed by atoms with Crippen LogP contribution in [0.2, 0.25) is 0 Å². The van der Waals surface area contributed by atoms with E-state index in [1.54, 1.807) is 17.9 Å². The first kappa shape index (κ1) is 26.6. The van der Waals surface area contributed by atoms with E-state index >= 15 is 0 Å². The zero-order chi connectivity index (χ0) is 23.1. The van der Waals surface area contributed by atoms with Crippen molar-refractivity contribution in [3.8, 4) is 0 Å². The van der Waals surface area contributed by atoms with Crippen molar-refractivity contribution in [2.75, 3.05) is 53.2 Å². The minimum Gasteiger partial charge on any atom is -0.377 e. The first-order valence-electron chi connectivity index (χ1n) is 10.4. The molecule has 0 aliphatic heterocycles. The molecule has 0 aromatic carbocycles. The molecule has 1 heterocycles. The molecular formula is C21H34N4O6. The van der Waals surface area contributed by atoms with E-state index in [4.69, 9.17) is 14.2 Å². The second kappa shape index (κ2) is 15.4. The summed E-state index contributed by atoms with van der Waals surface area (Å²) >= 11 is 0. The summed E-state index contributed by atoms with van der Waals surface area (Å²) in [7, 11) is 1.64. The Morgan fingerprint density at radius 3 is 2.29 bits per heavy atom. The maximum absolute atomic E-state index is 12.2. The number of carbonyl (C=O) groups is 3. The SMILES string of the molecule is CC(C)C(C)C(=O)c1cn(CCOCCOCCOCCN(C)C(=O)/C=C\C=O)nn1. The van der Waals surface area contributed by atoms with Gasteiger partial charge in [0.15, 0.2) is 5.78 Å². The van der Waals surface area contributed by atoms with Crippen LogP contribution in [-0.2, 0) is 30.3 Å². The van der Waals surface area contributed by atoms with E-state index in [9.17, 15) is 14.4 Å². The molecule has 0 aliphatic carbocycles. The van der Waals surface area contributed by atoms with E-state index in [2.05, 4.69) is 10.3 Å². The Hall–Kier alpha value is -2.43. The van der Waals surface area contributed by atoms with Crippen molar-refractivity contribution < 1.29 is 28.6 Å². The molecule has 1 aromatic heterocycles. The van der Waals surface area contributed by atoms with Gasteiger partial charge in [-0.15, -0.1) is 5.10 Å². The van der Waals surface area contributed by atoms with Crippen molar-refractivity contribution in [1.82, 2.24) is 19.9 Å². The summed E-state index contributed by atoms with van der Waals surface area (Å²) in [5.41, 5.74) is 0.387. The maximum atomic E-state index is 12.2. The molecule has 1 unspecified atom stereocenters. The lowest BCUT2D eigenvalue weighted by Crippen LogP contribution is -2.29. The molecule has 1 amide bonds. The lowest BCUT2D eigenvalue weighted by atomic mass is 9.92. The maximum Gasteiger partial charge on any atom is 0.246 e. The summed E-state index contributed by atoms with van der Waals surface area (Å²) in [6.07, 6.45) is 4.59. The summed E-state index contributed by atoms with van der Waals surface area (Å²) in [6.45, 7) is 9.38. The summed E-state index contributed by atoms with van der Waals surface area (Å²) in [5, 5.41) is 7.91. The van der Waals surface area contributed by atoms with Crippen LogP contribution in [0.5, 0.6) is 0 Å². The first-order chi connectivity index (χ1) is 14.9. The molecule has 31 heavy (non-hydrogen) atoms. The molecule has 0 radical (unpaired) electrons. The second-order valence-corrected chi connectivity index (χ2v) is 7.36. The van der Waals surface area contributed by atoms with Crippen LogP contribution >= 0.6 is 0 Å². The number of ketones is 1. The molecule has 0 fully saturated rings. The molecule has 0 aliphatic rings. The fraction of sp³-hybridized carbons (Fsp3) is 0.667. The largest absolute Gasteiger partial charge is 0.377 e. The number of hydrogen-bond donors (Lipinski definition) is 0. The van der Waals surface area contributed by atoms with Gasteiger partial charge in [0.25, 0.3) is 0 Å². The molecule has 0 saturated carbocycles. The number of Topliss-reactive ketones (excluding diaryl/α,β-unsaturated/α-hetero) is 1. The van der Waals surface area contributed by atoms with Crippen molar-refractivity contribution in [1.29, 1.82) is 0 Å². The zero-order valence-electron chi connectivity index (χ0n) is 18.9. The average Bonchev–Trinajstić information content (AvgIpc) is 3.23. The Labute approximate surface area is 183 Å². The van der Waals surface area contributed by atoms with Crippen molar-refractivity contribution >= 4 is 18.0 Å². The summed E-state index contributed by atoms with van der Waals surface area (Å²) in [4.78, 5) is 35.4. The fourth-order valence-electron chi connectivity index (χ4n) is 2.32. The topological polar surface area (TPSA) is 113 Å². The van der Waals surface area contributed by atoms with Crippen LogP contribution in [-0.4, -0.2) is 91.1 Å². The highest BCUT2D eigenvalue weighted by Crippen LogP contribution is 2.14. The third-order valence-electron chi connectivity index (χ3n) is 4.68. The number of rotatable bonds is 17. The molecule has 0 bridgehead atoms. The van der Waals surface area contributed by atoms with Crippen LogP contribution in [0.15, 0.2) is 18.3 Å². The molecule has 0 spiro atoms. The number of ether oxygens (including phenoxy) is 3. The van der Waals surface area contributed by atoms with Crippen LogP contribution in [0.25, 0.3) is 0 Å². The van der Waals surface area contributed by atoms with Gasteiger partial charge >= 0.3 is 0 Å². The molecule has 0 saturated heterocycles. The highest BCUT2D eigenvalue weighted by atomic mass is 16.5. The van der Waals surface area contributed by atoms with E-state index in [1.165, 1.54) is 11.0 Å². The number of aldehydes is 1. The molecule has 1 rings (SSSR count). The zero-order valence-corrected chi connectivity index (χ0v) is 18.9. The highest BCUT2D eigenvalue weighted by molar-refractivity contribution is 5.95. The Bertz CT molecular complexity index is 704. The highest BCUT2D eigenvalue weighted by Gasteiger charge is 2.21. The third-order valence-corrected chi connectivity index (χ3v) is 4.68. The van der Waals surface area contributed by atoms with Gasteiger partial charge in [-0.1, -0.05) is 26.0 Å². The van der Waals surface area contributed by atoms with E-state index in [0.717, 1.165) is 6.08 Å². The van der Waals surface area contributed by atoms with Gasteiger partial charge in [0.1, 0.15) is 12.0 Å². The Morgan fingerprint density at radius 2 is 1.68 bits per heavy atom. The van der Waals surface area contributed by atoms with E-state index in [1.807, 2.05) is 20.8 Å². The summed E-state index contributed by atoms with van der Waals surface area (Å²) in [6, 6.07) is 0. The standard InChI is InChI=1S/C21H34N4O6/c1-17(2)18(3)21(28)19-16-25(23-22-19)8-11-30-13-15-31-14-12-29-10-7-24(4)20(27)6-5-9-26/h5-6,9,16-18H,7-8,10-15H2,1-4H3/b6-5-. The van der Waals surface area contributed by atoms with Gasteiger partial charge < -0.3 is 19.1 Å². The molecule has 174 valence electrons. The Morgan fingerprint density at radius 1 is 1.06 bits per heavy atom. The Balaban J connectivity index is 2.02. The number of allylic oxidation sites excluding steroid dienone is 1. The van der Waals surface area contributed by atoms with Gasteiger partial charge in [-0.2, -0.15) is 0 Å². The van der Waals surface area contributed by atoms with E-state index in [-0.39, 0.29) is 23.5 Å². The lowest BCUT2D eigenvalue weighted by molar-refractivity contribution is -0.125. The van der Waals surface area contributed by atoms with Crippen molar-refractivity contribution in [3.05, 3.63) is 24.0 Å². The monoisotopic (exact) mass is 438 g/mol. The van der Waals surface area contributed by atoms with Crippen LogP contribution in [0.4, 0.5) is 0 Å². The normalized spacial score (nSPS) is 12.4. The van der Waals surface area contributed by atoms with E-state index in [0.29, 0.717) is 64.7 Å². The van der Waals surface area contributed by atoms with Crippen molar-refractivity contribution in [2.24, 2.45) is 11.8 Å².